The molecule has 0 spiro atoms. The van der Waals surface area contributed by atoms with Crippen molar-refractivity contribution >= 4 is 6.03 Å². The fourth-order valence-electron chi connectivity index (χ4n) is 2.21. The number of carbonyl (C=O) groups is 1. The van der Waals surface area contributed by atoms with Crippen molar-refractivity contribution in [3.63, 3.8) is 0 Å². The molecule has 0 aliphatic carbocycles. The van der Waals surface area contributed by atoms with Gasteiger partial charge < -0.3 is 20.5 Å². The van der Waals surface area contributed by atoms with Gasteiger partial charge in [0.05, 0.1) is 24.8 Å². The minimum Gasteiger partial charge on any atom is -0.391 e. The molecule has 2 rings (SSSR count). The Morgan fingerprint density at radius 2 is 2.20 bits per heavy atom. The van der Waals surface area contributed by atoms with E-state index >= 15 is 0 Å². The standard InChI is InChI=1S/C15H22N2O3/c1-11(14(18)9-12-5-3-2-4-6-12)16-15(19)17-13-7-8-20-10-13/h2-6,11,13-14,18H,7-10H2,1H3,(H2,16,17,19). The summed E-state index contributed by atoms with van der Waals surface area (Å²) in [6.45, 7) is 3.06. The molecule has 110 valence electrons. The van der Waals surface area contributed by atoms with Crippen molar-refractivity contribution in [3.05, 3.63) is 35.9 Å². The number of aliphatic hydroxyl groups is 1. The van der Waals surface area contributed by atoms with Crippen LogP contribution in [0.25, 0.3) is 0 Å². The molecule has 0 saturated carbocycles. The summed E-state index contributed by atoms with van der Waals surface area (Å²) < 4.78 is 5.20. The fraction of sp³-hybridized carbons (Fsp3) is 0.533. The van der Waals surface area contributed by atoms with Gasteiger partial charge >= 0.3 is 6.03 Å². The van der Waals surface area contributed by atoms with Gasteiger partial charge in [0.25, 0.3) is 0 Å². The first kappa shape index (κ1) is 14.8. The van der Waals surface area contributed by atoms with Crippen LogP contribution in [0, 0.1) is 0 Å². The number of urea groups is 1. The lowest BCUT2D eigenvalue weighted by molar-refractivity contribution is 0.135. The highest BCUT2D eigenvalue weighted by atomic mass is 16.5. The second-order valence-corrected chi connectivity index (χ2v) is 5.22. The van der Waals surface area contributed by atoms with Gasteiger partial charge in [-0.1, -0.05) is 30.3 Å². The maximum absolute atomic E-state index is 11.8. The van der Waals surface area contributed by atoms with Crippen LogP contribution in [-0.4, -0.2) is 42.5 Å². The first-order valence-electron chi connectivity index (χ1n) is 7.02. The van der Waals surface area contributed by atoms with Crippen LogP contribution in [0.4, 0.5) is 4.79 Å². The van der Waals surface area contributed by atoms with Crippen LogP contribution in [0.2, 0.25) is 0 Å². The average molecular weight is 278 g/mol. The van der Waals surface area contributed by atoms with Crippen LogP contribution in [0.15, 0.2) is 30.3 Å². The number of carbonyl (C=O) groups excluding carboxylic acids is 1. The lowest BCUT2D eigenvalue weighted by atomic mass is 10.0. The van der Waals surface area contributed by atoms with Crippen molar-refractivity contribution in [2.45, 2.75) is 38.0 Å². The number of hydrogen-bond donors (Lipinski definition) is 3. The molecule has 3 unspecified atom stereocenters. The Kier molecular flexibility index (Phi) is 5.38. The zero-order valence-corrected chi connectivity index (χ0v) is 11.7. The molecule has 5 heteroatoms. The molecule has 1 aliphatic heterocycles. The molecule has 0 radical (unpaired) electrons. The molecule has 20 heavy (non-hydrogen) atoms. The SMILES string of the molecule is CC(NC(=O)NC1CCOC1)C(O)Cc1ccccc1. The van der Waals surface area contributed by atoms with E-state index in [-0.39, 0.29) is 18.1 Å². The molecule has 3 N–H and O–H groups in total. The zero-order valence-electron chi connectivity index (χ0n) is 11.7. The Labute approximate surface area is 119 Å². The average Bonchev–Trinajstić information content (AvgIpc) is 2.92. The van der Waals surface area contributed by atoms with Gasteiger partial charge in [0.15, 0.2) is 0 Å². The van der Waals surface area contributed by atoms with Crippen molar-refractivity contribution in [1.82, 2.24) is 10.6 Å². The van der Waals surface area contributed by atoms with Gasteiger partial charge in [0.2, 0.25) is 0 Å². The van der Waals surface area contributed by atoms with E-state index in [0.717, 1.165) is 12.0 Å². The molecule has 1 aliphatic rings. The second kappa shape index (κ2) is 7.26. The molecule has 1 aromatic rings. The molecule has 1 saturated heterocycles. The summed E-state index contributed by atoms with van der Waals surface area (Å²) in [6, 6.07) is 9.26. The summed E-state index contributed by atoms with van der Waals surface area (Å²) in [5.74, 6) is 0. The molecule has 1 fully saturated rings. The predicted octanol–water partition coefficient (Wildman–Crippen LogP) is 1.07. The Balaban J connectivity index is 1.75. The topological polar surface area (TPSA) is 70.6 Å². The Morgan fingerprint density at radius 3 is 2.85 bits per heavy atom. The van der Waals surface area contributed by atoms with Crippen molar-refractivity contribution in [2.24, 2.45) is 0 Å². The van der Waals surface area contributed by atoms with Crippen LogP contribution in [0.3, 0.4) is 0 Å². The van der Waals surface area contributed by atoms with Gasteiger partial charge in [0, 0.05) is 13.0 Å². The fourth-order valence-corrected chi connectivity index (χ4v) is 2.21. The molecule has 2 amide bonds. The van der Waals surface area contributed by atoms with Crippen LogP contribution in [-0.2, 0) is 11.2 Å². The lowest BCUT2D eigenvalue weighted by Crippen LogP contribution is -2.49. The molecule has 0 bridgehead atoms. The van der Waals surface area contributed by atoms with E-state index in [1.807, 2.05) is 30.3 Å². The minimum atomic E-state index is -0.608. The van der Waals surface area contributed by atoms with E-state index in [2.05, 4.69) is 10.6 Å². The van der Waals surface area contributed by atoms with E-state index in [0.29, 0.717) is 19.6 Å². The zero-order chi connectivity index (χ0) is 14.4. The Bertz CT molecular complexity index is 418. The molecule has 1 aromatic carbocycles. The van der Waals surface area contributed by atoms with Crippen molar-refractivity contribution in [1.29, 1.82) is 0 Å². The van der Waals surface area contributed by atoms with Gasteiger partial charge in [-0.05, 0) is 18.9 Å². The number of aliphatic hydroxyl groups excluding tert-OH is 1. The van der Waals surface area contributed by atoms with Gasteiger partial charge in [-0.3, -0.25) is 0 Å². The van der Waals surface area contributed by atoms with E-state index < -0.39 is 6.10 Å². The molecule has 3 atom stereocenters. The summed E-state index contributed by atoms with van der Waals surface area (Å²) in [6.07, 6.45) is 0.756. The van der Waals surface area contributed by atoms with Crippen molar-refractivity contribution < 1.29 is 14.6 Å². The number of rotatable bonds is 5. The summed E-state index contributed by atoms with van der Waals surface area (Å²) in [7, 11) is 0. The van der Waals surface area contributed by atoms with Crippen LogP contribution in [0.5, 0.6) is 0 Å². The number of hydrogen-bond acceptors (Lipinski definition) is 3. The maximum atomic E-state index is 11.8. The number of benzene rings is 1. The Morgan fingerprint density at radius 1 is 1.45 bits per heavy atom. The first-order chi connectivity index (χ1) is 9.65. The van der Waals surface area contributed by atoms with Gasteiger partial charge in [-0.2, -0.15) is 0 Å². The normalized spacial score (nSPS) is 21.2. The van der Waals surface area contributed by atoms with Crippen LogP contribution in [0.1, 0.15) is 18.9 Å². The van der Waals surface area contributed by atoms with Crippen LogP contribution < -0.4 is 10.6 Å². The lowest BCUT2D eigenvalue weighted by Gasteiger charge is -2.21. The summed E-state index contributed by atoms with van der Waals surface area (Å²) in [5.41, 5.74) is 1.05. The summed E-state index contributed by atoms with van der Waals surface area (Å²) >= 11 is 0. The number of nitrogens with one attached hydrogen (secondary N) is 2. The number of ether oxygens (including phenoxy) is 1. The largest absolute Gasteiger partial charge is 0.391 e. The van der Waals surface area contributed by atoms with E-state index in [9.17, 15) is 9.90 Å². The monoisotopic (exact) mass is 278 g/mol. The molecule has 0 aromatic heterocycles. The van der Waals surface area contributed by atoms with E-state index in [1.165, 1.54) is 0 Å². The molecular formula is C15H22N2O3. The van der Waals surface area contributed by atoms with E-state index in [1.54, 1.807) is 6.92 Å². The van der Waals surface area contributed by atoms with Gasteiger partial charge in [-0.15, -0.1) is 0 Å². The summed E-state index contributed by atoms with van der Waals surface area (Å²) in [5, 5.41) is 15.7. The third-order valence-electron chi connectivity index (χ3n) is 3.49. The van der Waals surface area contributed by atoms with Gasteiger partial charge in [-0.25, -0.2) is 4.79 Å². The second-order valence-electron chi connectivity index (χ2n) is 5.22. The third-order valence-corrected chi connectivity index (χ3v) is 3.49. The molecule has 5 nitrogen and oxygen atoms in total. The first-order valence-corrected chi connectivity index (χ1v) is 7.02. The molecular weight excluding hydrogens is 256 g/mol. The predicted molar refractivity (Wildman–Crippen MR) is 76.5 cm³/mol. The van der Waals surface area contributed by atoms with Gasteiger partial charge in [0.1, 0.15) is 0 Å². The van der Waals surface area contributed by atoms with Crippen molar-refractivity contribution in [2.75, 3.05) is 13.2 Å². The highest BCUT2D eigenvalue weighted by Crippen LogP contribution is 2.06. The van der Waals surface area contributed by atoms with Crippen molar-refractivity contribution in [3.8, 4) is 0 Å². The minimum absolute atomic E-state index is 0.0773. The van der Waals surface area contributed by atoms with Crippen LogP contribution >= 0.6 is 0 Å². The number of amides is 2. The van der Waals surface area contributed by atoms with E-state index in [4.69, 9.17) is 4.74 Å². The third kappa shape index (κ3) is 4.51. The Hall–Kier alpha value is -1.59. The highest BCUT2D eigenvalue weighted by Gasteiger charge is 2.21. The summed E-state index contributed by atoms with van der Waals surface area (Å²) in [4.78, 5) is 11.8. The maximum Gasteiger partial charge on any atom is 0.315 e. The molecule has 1 heterocycles. The highest BCUT2D eigenvalue weighted by molar-refractivity contribution is 5.74. The smallest absolute Gasteiger partial charge is 0.315 e. The quantitative estimate of drug-likeness (QED) is 0.754.